The van der Waals surface area contributed by atoms with E-state index in [0.29, 0.717) is 18.8 Å². The van der Waals surface area contributed by atoms with Crippen molar-refractivity contribution >= 4 is 23.4 Å². The minimum atomic E-state index is -0.464. The summed E-state index contributed by atoms with van der Waals surface area (Å²) in [6, 6.07) is 10.3. The van der Waals surface area contributed by atoms with Gasteiger partial charge in [0.25, 0.3) is 0 Å². The van der Waals surface area contributed by atoms with Crippen LogP contribution in [0.5, 0.6) is 0 Å². The number of nitrogens with zero attached hydrogens (tertiary/aromatic N) is 4. The number of piperazine rings is 1. The first-order valence-electron chi connectivity index (χ1n) is 8.41. The smallest absolute Gasteiger partial charge is 0.323 e. The van der Waals surface area contributed by atoms with Crippen LogP contribution in [0.3, 0.4) is 0 Å². The molecule has 1 amide bonds. The van der Waals surface area contributed by atoms with E-state index in [0.717, 1.165) is 31.4 Å². The second kappa shape index (κ2) is 8.33. The van der Waals surface area contributed by atoms with Crippen molar-refractivity contribution < 1.29 is 9.72 Å². The predicted octanol–water partition coefficient (Wildman–Crippen LogP) is 2.06. The third-order valence-corrected chi connectivity index (χ3v) is 5.32. The van der Waals surface area contributed by atoms with Crippen LogP contribution in [-0.2, 0) is 11.3 Å². The molecule has 1 aromatic carbocycles. The minimum absolute atomic E-state index is 0.00990. The summed E-state index contributed by atoms with van der Waals surface area (Å²) >= 11 is 1.11. The molecule has 8 nitrogen and oxygen atoms in total. The number of aryl methyl sites for hydroxylation is 1. The SMILES string of the molecule is Cc1[nH]nc(SCC(=O)N2CCN(Cc3ccccc3)CC2)c1[N+](=O)[O-]. The van der Waals surface area contributed by atoms with Crippen molar-refractivity contribution in [3.05, 3.63) is 51.7 Å². The Hall–Kier alpha value is -2.39. The Morgan fingerprint density at radius 3 is 2.62 bits per heavy atom. The number of carbonyl (C=O) groups is 1. The maximum atomic E-state index is 12.4. The number of H-pyrrole nitrogens is 1. The van der Waals surface area contributed by atoms with Gasteiger partial charge in [-0.1, -0.05) is 42.1 Å². The third kappa shape index (κ3) is 4.41. The summed E-state index contributed by atoms with van der Waals surface area (Å²) in [7, 11) is 0. The number of nitro groups is 1. The first-order valence-corrected chi connectivity index (χ1v) is 9.39. The van der Waals surface area contributed by atoms with Gasteiger partial charge in [0, 0.05) is 32.7 Å². The lowest BCUT2D eigenvalue weighted by Gasteiger charge is -2.34. The highest BCUT2D eigenvalue weighted by molar-refractivity contribution is 8.00. The van der Waals surface area contributed by atoms with Crippen LogP contribution in [0.4, 0.5) is 5.69 Å². The average molecular weight is 375 g/mol. The number of carbonyl (C=O) groups excluding carboxylic acids is 1. The second-order valence-corrected chi connectivity index (χ2v) is 7.15. The number of nitrogens with one attached hydrogen (secondary N) is 1. The first-order chi connectivity index (χ1) is 12.5. The maximum absolute atomic E-state index is 12.4. The second-order valence-electron chi connectivity index (χ2n) is 6.19. The Labute approximate surface area is 155 Å². The summed E-state index contributed by atoms with van der Waals surface area (Å²) in [5, 5.41) is 17.9. The molecule has 0 aliphatic carbocycles. The van der Waals surface area contributed by atoms with Crippen molar-refractivity contribution in [3.63, 3.8) is 0 Å². The third-order valence-electron chi connectivity index (χ3n) is 4.37. The number of rotatable bonds is 6. The summed E-state index contributed by atoms with van der Waals surface area (Å²) in [6.45, 7) is 5.49. The molecule has 3 rings (SSSR count). The number of thioether (sulfide) groups is 1. The first kappa shape index (κ1) is 18.4. The maximum Gasteiger partial charge on any atom is 0.323 e. The van der Waals surface area contributed by atoms with Gasteiger partial charge < -0.3 is 4.90 Å². The van der Waals surface area contributed by atoms with Gasteiger partial charge in [-0.25, -0.2) is 0 Å². The quantitative estimate of drug-likeness (QED) is 0.472. The van der Waals surface area contributed by atoms with Crippen LogP contribution in [-0.4, -0.2) is 62.8 Å². The van der Waals surface area contributed by atoms with Crippen molar-refractivity contribution in [3.8, 4) is 0 Å². The van der Waals surface area contributed by atoms with E-state index in [1.807, 2.05) is 23.1 Å². The molecule has 1 aliphatic rings. The van der Waals surface area contributed by atoms with Crippen LogP contribution < -0.4 is 0 Å². The molecule has 2 heterocycles. The molecule has 0 atom stereocenters. The zero-order valence-corrected chi connectivity index (χ0v) is 15.4. The molecule has 1 aromatic heterocycles. The van der Waals surface area contributed by atoms with Gasteiger partial charge in [-0.15, -0.1) is 0 Å². The van der Waals surface area contributed by atoms with Crippen molar-refractivity contribution in [1.29, 1.82) is 0 Å². The molecule has 1 N–H and O–H groups in total. The fraction of sp³-hybridized carbons (Fsp3) is 0.412. The molecular weight excluding hydrogens is 354 g/mol. The molecule has 0 bridgehead atoms. The summed E-state index contributed by atoms with van der Waals surface area (Å²) < 4.78 is 0. The van der Waals surface area contributed by atoms with Crippen LogP contribution in [0.2, 0.25) is 0 Å². The molecule has 2 aromatic rings. The van der Waals surface area contributed by atoms with Gasteiger partial charge in [-0.2, -0.15) is 5.10 Å². The normalized spacial score (nSPS) is 15.2. The molecule has 0 radical (unpaired) electrons. The zero-order valence-electron chi connectivity index (χ0n) is 14.6. The Kier molecular flexibility index (Phi) is 5.89. The minimum Gasteiger partial charge on any atom is -0.339 e. The number of amides is 1. The number of hydrogen-bond acceptors (Lipinski definition) is 6. The van der Waals surface area contributed by atoms with Gasteiger partial charge in [0.2, 0.25) is 5.91 Å². The van der Waals surface area contributed by atoms with E-state index in [9.17, 15) is 14.9 Å². The van der Waals surface area contributed by atoms with Crippen molar-refractivity contribution in [2.24, 2.45) is 0 Å². The molecule has 0 spiro atoms. The van der Waals surface area contributed by atoms with Gasteiger partial charge in [-0.3, -0.25) is 24.9 Å². The molecule has 1 aliphatic heterocycles. The van der Waals surface area contributed by atoms with E-state index in [-0.39, 0.29) is 22.4 Å². The van der Waals surface area contributed by atoms with Gasteiger partial charge in [0.05, 0.1) is 10.7 Å². The molecule has 1 fully saturated rings. The lowest BCUT2D eigenvalue weighted by molar-refractivity contribution is -0.388. The largest absolute Gasteiger partial charge is 0.339 e. The highest BCUT2D eigenvalue weighted by Gasteiger charge is 2.25. The van der Waals surface area contributed by atoms with Crippen molar-refractivity contribution in [1.82, 2.24) is 20.0 Å². The number of aromatic amines is 1. The van der Waals surface area contributed by atoms with Crippen LogP contribution in [0.1, 0.15) is 11.3 Å². The summed E-state index contributed by atoms with van der Waals surface area (Å²) in [4.78, 5) is 27.2. The van der Waals surface area contributed by atoms with Crippen LogP contribution in [0.25, 0.3) is 0 Å². The molecular formula is C17H21N5O3S. The molecule has 9 heteroatoms. The monoisotopic (exact) mass is 375 g/mol. The van der Waals surface area contributed by atoms with Crippen molar-refractivity contribution in [2.45, 2.75) is 18.5 Å². The summed E-state index contributed by atoms with van der Waals surface area (Å²) in [5.41, 5.74) is 1.62. The fourth-order valence-electron chi connectivity index (χ4n) is 2.93. The van der Waals surface area contributed by atoms with Gasteiger partial charge >= 0.3 is 5.69 Å². The lowest BCUT2D eigenvalue weighted by atomic mass is 10.2. The zero-order chi connectivity index (χ0) is 18.5. The number of hydrogen-bond donors (Lipinski definition) is 1. The average Bonchev–Trinajstić information content (AvgIpc) is 3.02. The summed E-state index contributed by atoms with van der Waals surface area (Å²) in [5.74, 6) is 0.147. The predicted molar refractivity (Wildman–Crippen MR) is 99.0 cm³/mol. The van der Waals surface area contributed by atoms with E-state index in [4.69, 9.17) is 0 Å². The molecule has 26 heavy (non-hydrogen) atoms. The molecule has 1 saturated heterocycles. The van der Waals surface area contributed by atoms with E-state index in [1.54, 1.807) is 6.92 Å². The highest BCUT2D eigenvalue weighted by Crippen LogP contribution is 2.29. The van der Waals surface area contributed by atoms with Gasteiger partial charge in [0.15, 0.2) is 5.03 Å². The highest BCUT2D eigenvalue weighted by atomic mass is 32.2. The fourth-order valence-corrected chi connectivity index (χ4v) is 3.85. The standard InChI is InChI=1S/C17H21N5O3S/c1-13-16(22(24)25)17(19-18-13)26-12-15(23)21-9-7-20(8-10-21)11-14-5-3-2-4-6-14/h2-6H,7-12H2,1H3,(H,18,19). The van der Waals surface area contributed by atoms with Gasteiger partial charge in [0.1, 0.15) is 5.69 Å². The Bertz CT molecular complexity index is 772. The van der Waals surface area contributed by atoms with E-state index >= 15 is 0 Å². The van der Waals surface area contributed by atoms with Crippen molar-refractivity contribution in [2.75, 3.05) is 31.9 Å². The van der Waals surface area contributed by atoms with Crippen LogP contribution in [0, 0.1) is 17.0 Å². The molecule has 138 valence electrons. The lowest BCUT2D eigenvalue weighted by Crippen LogP contribution is -2.48. The Morgan fingerprint density at radius 2 is 1.96 bits per heavy atom. The van der Waals surface area contributed by atoms with E-state index < -0.39 is 4.92 Å². The molecule has 0 saturated carbocycles. The summed E-state index contributed by atoms with van der Waals surface area (Å²) in [6.07, 6.45) is 0. The van der Waals surface area contributed by atoms with Gasteiger partial charge in [-0.05, 0) is 12.5 Å². The van der Waals surface area contributed by atoms with Crippen LogP contribution >= 0.6 is 11.8 Å². The number of aromatic nitrogens is 2. The molecule has 0 unspecified atom stereocenters. The Balaban J connectivity index is 1.47. The number of benzene rings is 1. The Morgan fingerprint density at radius 1 is 1.27 bits per heavy atom. The van der Waals surface area contributed by atoms with E-state index in [2.05, 4.69) is 27.2 Å². The van der Waals surface area contributed by atoms with E-state index in [1.165, 1.54) is 5.56 Å². The van der Waals surface area contributed by atoms with Crippen LogP contribution in [0.15, 0.2) is 35.4 Å². The topological polar surface area (TPSA) is 95.4 Å².